The highest BCUT2D eigenvalue weighted by atomic mass is 32.2. The van der Waals surface area contributed by atoms with Crippen molar-refractivity contribution < 1.29 is 14.6 Å². The van der Waals surface area contributed by atoms with E-state index in [1.54, 1.807) is 19.4 Å². The van der Waals surface area contributed by atoms with Crippen LogP contribution in [0.25, 0.3) is 0 Å². The fourth-order valence-corrected chi connectivity index (χ4v) is 2.90. The summed E-state index contributed by atoms with van der Waals surface area (Å²) in [6, 6.07) is 3.04. The molecule has 5 nitrogen and oxygen atoms in total. The summed E-state index contributed by atoms with van der Waals surface area (Å²) in [5, 5.41) is 9.63. The zero-order chi connectivity index (χ0) is 15.4. The van der Waals surface area contributed by atoms with Gasteiger partial charge in [-0.25, -0.2) is 9.78 Å². The number of pyridine rings is 2. The molecule has 0 saturated heterocycles. The smallest absolute Gasteiger partial charge is 0.335 e. The highest BCUT2D eigenvalue weighted by Gasteiger charge is 2.11. The number of carboxylic acid groups (broad SMARTS) is 1. The molecule has 0 atom stereocenters. The van der Waals surface area contributed by atoms with Gasteiger partial charge in [0.15, 0.2) is 0 Å². The van der Waals surface area contributed by atoms with Crippen LogP contribution in [0.3, 0.4) is 0 Å². The van der Waals surface area contributed by atoms with Gasteiger partial charge in [0.05, 0.1) is 23.4 Å². The molecule has 0 aliphatic heterocycles. The summed E-state index contributed by atoms with van der Waals surface area (Å²) < 4.78 is 5.38. The standard InChI is InChI=1S/C15H16N2O3S/c1-9-7-17-12(10(2)14(9)20-3)8-21-13-6-11(15(18)19)4-5-16-13/h4-7H,8H2,1-3H3,(H,18,19). The third-order valence-electron chi connectivity index (χ3n) is 3.09. The summed E-state index contributed by atoms with van der Waals surface area (Å²) in [7, 11) is 1.64. The number of methoxy groups -OCH3 is 1. The molecule has 1 N–H and O–H groups in total. The Labute approximate surface area is 127 Å². The van der Waals surface area contributed by atoms with Crippen LogP contribution in [0.5, 0.6) is 5.75 Å². The maximum atomic E-state index is 10.9. The topological polar surface area (TPSA) is 72.3 Å². The molecule has 0 aliphatic carbocycles. The molecule has 0 fully saturated rings. The van der Waals surface area contributed by atoms with Gasteiger partial charge in [-0.2, -0.15) is 0 Å². The lowest BCUT2D eigenvalue weighted by atomic mass is 10.1. The number of rotatable bonds is 5. The number of carbonyl (C=O) groups is 1. The van der Waals surface area contributed by atoms with E-state index in [1.165, 1.54) is 24.0 Å². The molecule has 2 heterocycles. The first-order valence-corrected chi connectivity index (χ1v) is 7.32. The van der Waals surface area contributed by atoms with E-state index in [9.17, 15) is 4.79 Å². The fourth-order valence-electron chi connectivity index (χ4n) is 1.98. The first-order valence-electron chi connectivity index (χ1n) is 6.34. The zero-order valence-corrected chi connectivity index (χ0v) is 12.9. The Morgan fingerprint density at radius 1 is 1.38 bits per heavy atom. The van der Waals surface area contributed by atoms with Crippen molar-refractivity contribution in [1.29, 1.82) is 0 Å². The second-order valence-corrected chi connectivity index (χ2v) is 5.52. The average molecular weight is 304 g/mol. The van der Waals surface area contributed by atoms with Crippen LogP contribution in [0.2, 0.25) is 0 Å². The van der Waals surface area contributed by atoms with Crippen molar-refractivity contribution in [2.24, 2.45) is 0 Å². The summed E-state index contributed by atoms with van der Waals surface area (Å²) in [5.41, 5.74) is 3.14. The van der Waals surface area contributed by atoms with Crippen LogP contribution < -0.4 is 4.74 Å². The molecule has 0 aliphatic rings. The normalized spacial score (nSPS) is 10.4. The monoisotopic (exact) mass is 304 g/mol. The summed E-state index contributed by atoms with van der Waals surface area (Å²) in [4.78, 5) is 19.5. The van der Waals surface area contributed by atoms with Gasteiger partial charge in [0, 0.05) is 29.3 Å². The number of aromatic carboxylic acids is 1. The Morgan fingerprint density at radius 3 is 2.81 bits per heavy atom. The number of hydrogen-bond donors (Lipinski definition) is 1. The molecule has 2 aromatic rings. The fraction of sp³-hybridized carbons (Fsp3) is 0.267. The van der Waals surface area contributed by atoms with Gasteiger partial charge < -0.3 is 9.84 Å². The van der Waals surface area contributed by atoms with E-state index in [1.807, 2.05) is 13.8 Å². The summed E-state index contributed by atoms with van der Waals surface area (Å²) in [6.45, 7) is 3.92. The van der Waals surface area contributed by atoms with Crippen molar-refractivity contribution >= 4 is 17.7 Å². The van der Waals surface area contributed by atoms with Gasteiger partial charge >= 0.3 is 5.97 Å². The molecular formula is C15H16N2O3S. The van der Waals surface area contributed by atoms with Gasteiger partial charge in [-0.05, 0) is 26.0 Å². The Morgan fingerprint density at radius 2 is 2.14 bits per heavy atom. The van der Waals surface area contributed by atoms with Gasteiger partial charge in [-0.1, -0.05) is 11.8 Å². The van der Waals surface area contributed by atoms with Crippen molar-refractivity contribution in [3.05, 3.63) is 46.9 Å². The van der Waals surface area contributed by atoms with E-state index in [2.05, 4.69) is 9.97 Å². The molecular weight excluding hydrogens is 288 g/mol. The zero-order valence-electron chi connectivity index (χ0n) is 12.1. The lowest BCUT2D eigenvalue weighted by Crippen LogP contribution is -1.99. The molecule has 0 aromatic carbocycles. The molecule has 0 bridgehead atoms. The highest BCUT2D eigenvalue weighted by Crippen LogP contribution is 2.28. The minimum Gasteiger partial charge on any atom is -0.496 e. The van der Waals surface area contributed by atoms with Crippen LogP contribution in [0, 0.1) is 13.8 Å². The number of aryl methyl sites for hydroxylation is 1. The van der Waals surface area contributed by atoms with Crippen LogP contribution in [0.15, 0.2) is 29.6 Å². The van der Waals surface area contributed by atoms with Gasteiger partial charge in [-0.3, -0.25) is 4.98 Å². The second-order valence-electron chi connectivity index (χ2n) is 4.52. The van der Waals surface area contributed by atoms with Gasteiger partial charge in [-0.15, -0.1) is 0 Å². The number of ether oxygens (including phenoxy) is 1. The summed E-state index contributed by atoms with van der Waals surface area (Å²) in [5.74, 6) is 0.497. The van der Waals surface area contributed by atoms with Crippen molar-refractivity contribution in [3.63, 3.8) is 0 Å². The molecule has 0 amide bonds. The van der Waals surface area contributed by atoms with Crippen molar-refractivity contribution in [1.82, 2.24) is 9.97 Å². The molecule has 2 rings (SSSR count). The third kappa shape index (κ3) is 3.52. The van der Waals surface area contributed by atoms with Crippen LogP contribution in [-0.2, 0) is 5.75 Å². The van der Waals surface area contributed by atoms with Crippen molar-refractivity contribution in [3.8, 4) is 5.75 Å². The SMILES string of the molecule is COc1c(C)cnc(CSc2cc(C(=O)O)ccn2)c1C. The number of thioether (sulfide) groups is 1. The third-order valence-corrected chi connectivity index (χ3v) is 4.03. The molecule has 2 aromatic heterocycles. The molecule has 0 unspecified atom stereocenters. The van der Waals surface area contributed by atoms with Crippen molar-refractivity contribution in [2.75, 3.05) is 7.11 Å². The van der Waals surface area contributed by atoms with Gasteiger partial charge in [0.1, 0.15) is 5.75 Å². The number of carboxylic acids is 1. The van der Waals surface area contributed by atoms with E-state index >= 15 is 0 Å². The average Bonchev–Trinajstić information content (AvgIpc) is 2.47. The molecule has 0 saturated carbocycles. The highest BCUT2D eigenvalue weighted by molar-refractivity contribution is 7.98. The van der Waals surface area contributed by atoms with E-state index in [0.29, 0.717) is 10.8 Å². The van der Waals surface area contributed by atoms with E-state index in [0.717, 1.165) is 22.6 Å². The number of nitrogens with zero attached hydrogens (tertiary/aromatic N) is 2. The molecule has 0 spiro atoms. The second kappa shape index (κ2) is 6.58. The van der Waals surface area contributed by atoms with Crippen LogP contribution in [-0.4, -0.2) is 28.2 Å². The quantitative estimate of drug-likeness (QED) is 0.856. The maximum Gasteiger partial charge on any atom is 0.335 e. The number of hydrogen-bond acceptors (Lipinski definition) is 5. The van der Waals surface area contributed by atoms with E-state index in [4.69, 9.17) is 9.84 Å². The van der Waals surface area contributed by atoms with Crippen LogP contribution in [0.1, 0.15) is 27.2 Å². The van der Waals surface area contributed by atoms with Crippen LogP contribution >= 0.6 is 11.8 Å². The predicted octanol–water partition coefficient (Wildman–Crippen LogP) is 3.09. The first kappa shape index (κ1) is 15.3. The molecule has 0 radical (unpaired) electrons. The first-order chi connectivity index (χ1) is 10.0. The maximum absolute atomic E-state index is 10.9. The molecule has 21 heavy (non-hydrogen) atoms. The predicted molar refractivity (Wildman–Crippen MR) is 81.0 cm³/mol. The largest absolute Gasteiger partial charge is 0.496 e. The Kier molecular flexibility index (Phi) is 4.80. The minimum absolute atomic E-state index is 0.235. The van der Waals surface area contributed by atoms with E-state index < -0.39 is 5.97 Å². The van der Waals surface area contributed by atoms with Crippen LogP contribution in [0.4, 0.5) is 0 Å². The lowest BCUT2D eigenvalue weighted by Gasteiger charge is -2.11. The molecule has 110 valence electrons. The Bertz CT molecular complexity index is 674. The van der Waals surface area contributed by atoms with Gasteiger partial charge in [0.25, 0.3) is 0 Å². The Balaban J connectivity index is 2.17. The van der Waals surface area contributed by atoms with Crippen molar-refractivity contribution in [2.45, 2.75) is 24.6 Å². The minimum atomic E-state index is -0.953. The summed E-state index contributed by atoms with van der Waals surface area (Å²) in [6.07, 6.45) is 3.28. The lowest BCUT2D eigenvalue weighted by molar-refractivity contribution is 0.0696. The van der Waals surface area contributed by atoms with Gasteiger partial charge in [0.2, 0.25) is 0 Å². The number of aromatic nitrogens is 2. The summed E-state index contributed by atoms with van der Waals surface area (Å²) >= 11 is 1.45. The Hall–Kier alpha value is -2.08. The van der Waals surface area contributed by atoms with E-state index in [-0.39, 0.29) is 5.56 Å². The molecule has 6 heteroatoms.